The first kappa shape index (κ1) is 20.7. The fraction of sp³-hybridized carbons (Fsp3) is 0.556. The highest BCUT2D eigenvalue weighted by atomic mass is 16.4. The molecular formula is C27H31N4O3+. The predicted molar refractivity (Wildman–Crippen MR) is 127 cm³/mol. The number of hydrogen-bond donors (Lipinski definition) is 3. The largest absolute Gasteiger partial charge is 0.395 e. The van der Waals surface area contributed by atoms with Crippen molar-refractivity contribution in [1.82, 2.24) is 4.90 Å². The van der Waals surface area contributed by atoms with Crippen LogP contribution in [0, 0.1) is 22.8 Å². The lowest BCUT2D eigenvalue weighted by atomic mass is 9.46. The Morgan fingerprint density at radius 2 is 2.00 bits per heavy atom. The van der Waals surface area contributed by atoms with E-state index < -0.39 is 11.0 Å². The Morgan fingerprint density at radius 1 is 1.18 bits per heavy atom. The predicted octanol–water partition coefficient (Wildman–Crippen LogP) is 3.70. The number of piperidine rings is 1. The van der Waals surface area contributed by atoms with Gasteiger partial charge in [-0.1, -0.05) is 6.08 Å². The summed E-state index contributed by atoms with van der Waals surface area (Å²) in [6, 6.07) is 7.63. The van der Waals surface area contributed by atoms with Crippen molar-refractivity contribution in [2.24, 2.45) is 22.4 Å². The fourth-order valence-electron chi connectivity index (χ4n) is 7.69. The third-order valence-corrected chi connectivity index (χ3v) is 9.43. The first-order valence-electron chi connectivity index (χ1n) is 12.7. The average Bonchev–Trinajstić information content (AvgIpc) is 3.59. The molecule has 4 aliphatic carbocycles. The highest BCUT2D eigenvalue weighted by molar-refractivity contribution is 6.49. The van der Waals surface area contributed by atoms with E-state index in [1.807, 2.05) is 30.3 Å². The summed E-state index contributed by atoms with van der Waals surface area (Å²) >= 11 is 0. The van der Waals surface area contributed by atoms with Crippen LogP contribution in [0.3, 0.4) is 0 Å². The Kier molecular flexibility index (Phi) is 4.38. The molecule has 1 saturated heterocycles. The lowest BCUT2D eigenvalue weighted by Crippen LogP contribution is -2.74. The molecule has 0 radical (unpaired) electrons. The molecule has 1 aromatic rings. The van der Waals surface area contributed by atoms with Crippen LogP contribution in [0.1, 0.15) is 38.5 Å². The maximum absolute atomic E-state index is 12.9. The van der Waals surface area contributed by atoms with Crippen molar-refractivity contribution in [3.8, 4) is 0 Å². The number of carbonyl (C=O) groups excluding carboxylic acids is 2. The Hall–Kier alpha value is -2.64. The quantitative estimate of drug-likeness (QED) is 0.261. The first-order valence-corrected chi connectivity index (χ1v) is 12.7. The van der Waals surface area contributed by atoms with E-state index in [0.29, 0.717) is 18.0 Å². The third-order valence-electron chi connectivity index (χ3n) is 9.43. The molecule has 6 aliphatic rings. The van der Waals surface area contributed by atoms with E-state index in [1.165, 1.54) is 18.4 Å². The van der Waals surface area contributed by atoms with Crippen molar-refractivity contribution in [3.63, 3.8) is 0 Å². The van der Waals surface area contributed by atoms with Crippen LogP contribution >= 0.6 is 0 Å². The van der Waals surface area contributed by atoms with Crippen molar-refractivity contribution in [2.75, 3.05) is 25.0 Å². The fourth-order valence-corrected chi connectivity index (χ4v) is 7.69. The van der Waals surface area contributed by atoms with Gasteiger partial charge in [0.25, 0.3) is 11.9 Å². The van der Waals surface area contributed by atoms with Crippen LogP contribution in [-0.4, -0.2) is 59.0 Å². The molecule has 0 aromatic heterocycles. The molecule has 2 saturated carbocycles. The molecule has 176 valence electrons. The van der Waals surface area contributed by atoms with Gasteiger partial charge in [-0.25, -0.2) is 9.96 Å². The number of hydrogen-bond acceptors (Lipinski definition) is 6. The summed E-state index contributed by atoms with van der Waals surface area (Å²) in [4.78, 5) is 15.5. The maximum Gasteiger partial charge on any atom is 0.395 e. The number of allylic oxidation sites excluding steroid dienone is 2. The molecule has 7 rings (SSSR count). The number of likely N-dealkylation sites (tertiary alicyclic amines) is 1. The Labute approximate surface area is 199 Å². The molecule has 0 unspecified atom stereocenters. The number of rotatable bonds is 6. The van der Waals surface area contributed by atoms with E-state index in [2.05, 4.69) is 15.3 Å². The number of nitrogens with zero attached hydrogens (tertiary/aromatic N) is 2. The van der Waals surface area contributed by atoms with Crippen molar-refractivity contribution < 1.29 is 14.3 Å². The normalized spacial score (nSPS) is 38.0. The van der Waals surface area contributed by atoms with E-state index >= 15 is 0 Å². The van der Waals surface area contributed by atoms with Crippen molar-refractivity contribution >= 4 is 22.9 Å². The topological polar surface area (TPSA) is 100 Å². The number of ketones is 2. The minimum absolute atomic E-state index is 0.0508. The summed E-state index contributed by atoms with van der Waals surface area (Å²) in [6.07, 6.45) is 9.34. The summed E-state index contributed by atoms with van der Waals surface area (Å²) in [5, 5.41) is 19.5. The van der Waals surface area contributed by atoms with Crippen LogP contribution in [0.15, 0.2) is 52.7 Å². The van der Waals surface area contributed by atoms with Crippen LogP contribution in [0.5, 0.6) is 0 Å². The zero-order valence-electron chi connectivity index (χ0n) is 19.3. The lowest BCUT2D eigenvalue weighted by molar-refractivity contribution is -0.534. The smallest absolute Gasteiger partial charge is 0.387 e. The second-order valence-electron chi connectivity index (χ2n) is 11.1. The minimum atomic E-state index is -0.857. The number of benzene rings is 1. The number of nitrogens with one attached hydrogen (secondary N) is 2. The van der Waals surface area contributed by atoms with E-state index in [4.69, 9.17) is 9.96 Å². The number of aliphatic hydroxyl groups is 1. The maximum atomic E-state index is 12.9. The van der Waals surface area contributed by atoms with Crippen LogP contribution in [0.4, 0.5) is 11.4 Å². The second kappa shape index (κ2) is 7.18. The SMILES string of the molecule is N=Nc1ccc(NC[C@H]2CC[C@@]3(O)[C@H]4CC5=C6C(=[O+][C@@H]2[C@]63CCN4CC2CC2)C(=O)C=C5)cc1. The van der Waals surface area contributed by atoms with Gasteiger partial charge in [0.1, 0.15) is 5.41 Å². The summed E-state index contributed by atoms with van der Waals surface area (Å²) in [7, 11) is 0. The van der Waals surface area contributed by atoms with Gasteiger partial charge in [0.05, 0.1) is 22.8 Å². The van der Waals surface area contributed by atoms with E-state index in [-0.39, 0.29) is 23.8 Å². The Balaban J connectivity index is 1.25. The van der Waals surface area contributed by atoms with Crippen molar-refractivity contribution in [3.05, 3.63) is 47.6 Å². The van der Waals surface area contributed by atoms with E-state index in [0.717, 1.165) is 56.0 Å². The zero-order chi connectivity index (χ0) is 23.1. The monoisotopic (exact) mass is 459 g/mol. The van der Waals surface area contributed by atoms with Gasteiger partial charge < -0.3 is 10.4 Å². The molecule has 3 N–H and O–H groups in total. The van der Waals surface area contributed by atoms with Crippen molar-refractivity contribution in [2.45, 2.75) is 56.3 Å². The van der Waals surface area contributed by atoms with Crippen LogP contribution < -0.4 is 5.32 Å². The van der Waals surface area contributed by atoms with Gasteiger partial charge >= 0.3 is 5.78 Å². The third kappa shape index (κ3) is 2.71. The molecule has 2 bridgehead atoms. The van der Waals surface area contributed by atoms with E-state index in [9.17, 15) is 9.90 Å². The van der Waals surface area contributed by atoms with Crippen LogP contribution in [0.25, 0.3) is 0 Å². The van der Waals surface area contributed by atoms with Crippen LogP contribution in [0.2, 0.25) is 0 Å². The Morgan fingerprint density at radius 3 is 2.76 bits per heavy atom. The second-order valence-corrected chi connectivity index (χ2v) is 11.1. The molecular weight excluding hydrogens is 428 g/mol. The highest BCUT2D eigenvalue weighted by Gasteiger charge is 2.78. The first-order chi connectivity index (χ1) is 16.5. The van der Waals surface area contributed by atoms with Gasteiger partial charge in [-0.3, -0.25) is 9.69 Å². The molecule has 2 heterocycles. The molecule has 0 amide bonds. The van der Waals surface area contributed by atoms with E-state index in [1.54, 1.807) is 6.08 Å². The summed E-state index contributed by atoms with van der Waals surface area (Å²) < 4.78 is 6.57. The molecule has 7 heteroatoms. The Bertz CT molecular complexity index is 1170. The van der Waals surface area contributed by atoms with Gasteiger partial charge in [0, 0.05) is 24.8 Å². The van der Waals surface area contributed by atoms with Gasteiger partial charge in [-0.15, -0.1) is 0 Å². The summed E-state index contributed by atoms with van der Waals surface area (Å²) in [5.74, 6) is 1.42. The molecule has 5 atom stereocenters. The molecule has 7 nitrogen and oxygen atoms in total. The van der Waals surface area contributed by atoms with Gasteiger partial charge in [0.2, 0.25) is 0 Å². The molecule has 1 spiro atoms. The molecule has 1 aromatic carbocycles. The number of carbonyl (C=O) groups is 1. The molecule has 34 heavy (non-hydrogen) atoms. The summed E-state index contributed by atoms with van der Waals surface area (Å²) in [5.41, 5.74) is 9.64. The summed E-state index contributed by atoms with van der Waals surface area (Å²) in [6.45, 7) is 2.76. The van der Waals surface area contributed by atoms with Gasteiger partial charge in [-0.05, 0) is 86.9 Å². The minimum Gasteiger partial charge on any atom is -0.387 e. The van der Waals surface area contributed by atoms with Gasteiger partial charge in [0.15, 0.2) is 0 Å². The molecule has 3 fully saturated rings. The number of anilines is 1. The van der Waals surface area contributed by atoms with Crippen LogP contribution in [-0.2, 0) is 9.22 Å². The van der Waals surface area contributed by atoms with Gasteiger partial charge in [-0.2, -0.15) is 5.11 Å². The average molecular weight is 460 g/mol. The lowest BCUT2D eigenvalue weighted by Gasteiger charge is -2.61. The highest BCUT2D eigenvalue weighted by Crippen LogP contribution is 2.65. The standard InChI is InChI=1S/C27H31N4O3/c28-30-20-6-4-19(5-7-20)29-14-18-9-10-27(33)22-13-17-3-8-21(32)24-23(17)26(27,25(18)34-24)11-12-31(22)15-16-1-2-16/h3-8,16,18,22,25,28-29,33H,1-2,9-15H2/q+1/t18-,22-,25+,26+,27-/m1/s1. The molecule has 2 aliphatic heterocycles. The zero-order valence-corrected chi connectivity index (χ0v) is 19.3. The van der Waals surface area contributed by atoms with Crippen molar-refractivity contribution in [1.29, 1.82) is 5.53 Å².